The fraction of sp³-hybridized carbons (Fsp3) is 0.714. The number of hydrogen-bond donors (Lipinski definition) is 0. The van der Waals surface area contributed by atoms with E-state index in [0.29, 0.717) is 0 Å². The average molecular weight is 469 g/mol. The number of allylic oxidation sites excluding steroid dienone is 1. The second kappa shape index (κ2) is 12.3. The molecule has 0 aliphatic heterocycles. The van der Waals surface area contributed by atoms with Gasteiger partial charge >= 0.3 is 6.18 Å². The smallest absolute Gasteiger partial charge is 0.419 e. The molecule has 0 spiro atoms. The van der Waals surface area contributed by atoms with Crippen LogP contribution in [0.3, 0.4) is 0 Å². The van der Waals surface area contributed by atoms with E-state index < -0.39 is 17.6 Å². The zero-order valence-electron chi connectivity index (χ0n) is 20.2. The highest BCUT2D eigenvalue weighted by Gasteiger charge is 2.38. The molecule has 3 rings (SSSR count). The summed E-state index contributed by atoms with van der Waals surface area (Å²) < 4.78 is 60.0. The van der Waals surface area contributed by atoms with Gasteiger partial charge in [0.1, 0.15) is 5.56 Å². The lowest BCUT2D eigenvalue weighted by molar-refractivity contribution is -0.140. The van der Waals surface area contributed by atoms with E-state index in [1.54, 1.807) is 6.92 Å². The summed E-state index contributed by atoms with van der Waals surface area (Å²) >= 11 is 0. The molecule has 0 bridgehead atoms. The van der Waals surface area contributed by atoms with Gasteiger partial charge in [-0.25, -0.2) is 4.39 Å². The van der Waals surface area contributed by atoms with Crippen molar-refractivity contribution in [3.63, 3.8) is 0 Å². The predicted molar refractivity (Wildman–Crippen MR) is 127 cm³/mol. The van der Waals surface area contributed by atoms with Crippen LogP contribution in [0, 0.1) is 29.5 Å². The lowest BCUT2D eigenvalue weighted by Gasteiger charge is -2.31. The van der Waals surface area contributed by atoms with Crippen molar-refractivity contribution in [2.75, 3.05) is 6.61 Å². The zero-order valence-corrected chi connectivity index (χ0v) is 20.2. The Morgan fingerprint density at radius 3 is 1.91 bits per heavy atom. The maximum Gasteiger partial charge on any atom is 0.419 e. The molecule has 33 heavy (non-hydrogen) atoms. The van der Waals surface area contributed by atoms with Gasteiger partial charge in [-0.15, -0.1) is 0 Å². The molecule has 0 heterocycles. The van der Waals surface area contributed by atoms with E-state index in [-0.39, 0.29) is 23.8 Å². The number of ether oxygens (including phenoxy) is 1. The van der Waals surface area contributed by atoms with E-state index in [2.05, 4.69) is 6.92 Å². The standard InChI is InChI=1S/C28H40F4O/c1-3-5-20-6-8-21(9-7-20)10-11-22-12-14-23(15-13-22)16-17-24-18-19-25(33-4-2)27(29)26(24)28(30,31)32/h16-23H,3-15H2,1-2H3/b17-16+. The van der Waals surface area contributed by atoms with Crippen LogP contribution in [0.2, 0.25) is 0 Å². The molecule has 2 aliphatic rings. The van der Waals surface area contributed by atoms with Crippen LogP contribution in [-0.2, 0) is 6.18 Å². The molecule has 0 atom stereocenters. The van der Waals surface area contributed by atoms with Crippen LogP contribution < -0.4 is 4.74 Å². The molecule has 1 nitrogen and oxygen atoms in total. The van der Waals surface area contributed by atoms with E-state index >= 15 is 0 Å². The van der Waals surface area contributed by atoms with Gasteiger partial charge in [-0.3, -0.25) is 0 Å². The van der Waals surface area contributed by atoms with Gasteiger partial charge in [-0.1, -0.05) is 76.5 Å². The molecule has 0 unspecified atom stereocenters. The molecule has 1 aromatic rings. The second-order valence-corrected chi connectivity index (χ2v) is 10.2. The molecule has 0 amide bonds. The molecule has 0 aromatic heterocycles. The number of benzene rings is 1. The third-order valence-electron chi connectivity index (χ3n) is 7.81. The molecular weight excluding hydrogens is 428 g/mol. The van der Waals surface area contributed by atoms with Crippen LogP contribution >= 0.6 is 0 Å². The van der Waals surface area contributed by atoms with E-state index in [9.17, 15) is 17.6 Å². The van der Waals surface area contributed by atoms with Gasteiger partial charge in [0.05, 0.1) is 6.61 Å². The van der Waals surface area contributed by atoms with Gasteiger partial charge in [0.15, 0.2) is 11.6 Å². The minimum absolute atomic E-state index is 0.118. The van der Waals surface area contributed by atoms with Crippen molar-refractivity contribution in [1.29, 1.82) is 0 Å². The molecule has 0 saturated heterocycles. The highest BCUT2D eigenvalue weighted by molar-refractivity contribution is 5.57. The summed E-state index contributed by atoms with van der Waals surface area (Å²) in [5.74, 6) is 1.19. The van der Waals surface area contributed by atoms with E-state index in [1.807, 2.05) is 6.08 Å². The lowest BCUT2D eigenvalue weighted by atomic mass is 9.75. The van der Waals surface area contributed by atoms with Crippen LogP contribution in [0.15, 0.2) is 18.2 Å². The fourth-order valence-corrected chi connectivity index (χ4v) is 5.86. The summed E-state index contributed by atoms with van der Waals surface area (Å²) in [4.78, 5) is 0. The maximum absolute atomic E-state index is 14.5. The second-order valence-electron chi connectivity index (χ2n) is 10.2. The third-order valence-corrected chi connectivity index (χ3v) is 7.81. The van der Waals surface area contributed by atoms with Crippen molar-refractivity contribution in [3.8, 4) is 5.75 Å². The molecular formula is C28H40F4O. The van der Waals surface area contributed by atoms with Gasteiger partial charge < -0.3 is 4.74 Å². The summed E-state index contributed by atoms with van der Waals surface area (Å²) in [5.41, 5.74) is -1.35. The first-order valence-corrected chi connectivity index (χ1v) is 13.0. The Kier molecular flexibility index (Phi) is 9.69. The minimum atomic E-state index is -4.76. The number of alkyl halides is 3. The van der Waals surface area contributed by atoms with E-state index in [4.69, 9.17) is 4.74 Å². The Morgan fingerprint density at radius 2 is 1.39 bits per heavy atom. The Bertz CT molecular complexity index is 754. The Balaban J connectivity index is 1.49. The molecule has 186 valence electrons. The van der Waals surface area contributed by atoms with Crippen molar-refractivity contribution >= 4 is 6.08 Å². The molecule has 0 N–H and O–H groups in total. The van der Waals surface area contributed by atoms with Crippen LogP contribution in [-0.4, -0.2) is 6.61 Å². The summed E-state index contributed by atoms with van der Waals surface area (Å²) in [7, 11) is 0. The quantitative estimate of drug-likeness (QED) is 0.328. The number of halogens is 4. The number of hydrogen-bond acceptors (Lipinski definition) is 1. The maximum atomic E-state index is 14.5. The highest BCUT2D eigenvalue weighted by Crippen LogP contribution is 2.40. The van der Waals surface area contributed by atoms with Crippen molar-refractivity contribution in [1.82, 2.24) is 0 Å². The van der Waals surface area contributed by atoms with Crippen LogP contribution in [0.4, 0.5) is 17.6 Å². The molecule has 1 aromatic carbocycles. The van der Waals surface area contributed by atoms with Crippen molar-refractivity contribution < 1.29 is 22.3 Å². The summed E-state index contributed by atoms with van der Waals surface area (Å²) in [6, 6.07) is 2.61. The molecule has 2 aliphatic carbocycles. The van der Waals surface area contributed by atoms with Gasteiger partial charge in [0.2, 0.25) is 0 Å². The molecule has 0 radical (unpaired) electrons. The van der Waals surface area contributed by atoms with Gasteiger partial charge in [0.25, 0.3) is 0 Å². The highest BCUT2D eigenvalue weighted by atomic mass is 19.4. The van der Waals surface area contributed by atoms with E-state index in [1.165, 1.54) is 69.6 Å². The summed E-state index contributed by atoms with van der Waals surface area (Å²) in [6.07, 6.45) is 13.8. The summed E-state index contributed by atoms with van der Waals surface area (Å²) in [6.45, 7) is 4.02. The fourth-order valence-electron chi connectivity index (χ4n) is 5.86. The van der Waals surface area contributed by atoms with Gasteiger partial charge in [0, 0.05) is 0 Å². The van der Waals surface area contributed by atoms with E-state index in [0.717, 1.165) is 43.4 Å². The average Bonchev–Trinajstić information content (AvgIpc) is 2.79. The monoisotopic (exact) mass is 468 g/mol. The molecule has 2 fully saturated rings. The molecule has 2 saturated carbocycles. The van der Waals surface area contributed by atoms with Crippen molar-refractivity contribution in [2.24, 2.45) is 23.7 Å². The van der Waals surface area contributed by atoms with Crippen LogP contribution in [0.1, 0.15) is 102 Å². The first kappa shape index (κ1) is 26.1. The first-order valence-electron chi connectivity index (χ1n) is 13.0. The van der Waals surface area contributed by atoms with Gasteiger partial charge in [-0.05, 0) is 67.9 Å². The lowest BCUT2D eigenvalue weighted by Crippen LogP contribution is -2.17. The van der Waals surface area contributed by atoms with Crippen molar-refractivity contribution in [2.45, 2.75) is 97.1 Å². The summed E-state index contributed by atoms with van der Waals surface area (Å²) in [5, 5.41) is 0. The number of rotatable bonds is 9. The third kappa shape index (κ3) is 7.48. The van der Waals surface area contributed by atoms with Gasteiger partial charge in [-0.2, -0.15) is 13.2 Å². The molecule has 5 heteroatoms. The predicted octanol–water partition coefficient (Wildman–Crippen LogP) is 9.45. The Hall–Kier alpha value is -1.52. The Morgan fingerprint density at radius 1 is 0.848 bits per heavy atom. The topological polar surface area (TPSA) is 9.23 Å². The van der Waals surface area contributed by atoms with Crippen LogP contribution in [0.5, 0.6) is 5.75 Å². The van der Waals surface area contributed by atoms with Crippen LogP contribution in [0.25, 0.3) is 6.08 Å². The first-order chi connectivity index (χ1) is 15.8. The zero-order chi connectivity index (χ0) is 23.8. The van der Waals surface area contributed by atoms with Crippen molar-refractivity contribution in [3.05, 3.63) is 35.2 Å². The largest absolute Gasteiger partial charge is 0.491 e. The SMILES string of the molecule is CCCC1CCC(CCC2CCC(/C=C/c3ccc(OCC)c(F)c3C(F)(F)F)CC2)CC1. The Labute approximate surface area is 197 Å². The minimum Gasteiger partial charge on any atom is -0.491 e. The normalized spacial score (nSPS) is 26.6.